The van der Waals surface area contributed by atoms with E-state index in [1.165, 1.54) is 49.9 Å². The molecule has 2 unspecified atom stereocenters. The molecule has 2 atom stereocenters. The van der Waals surface area contributed by atoms with Crippen LogP contribution in [0.3, 0.4) is 0 Å². The summed E-state index contributed by atoms with van der Waals surface area (Å²) in [7, 11) is 2.89. The van der Waals surface area contributed by atoms with Gasteiger partial charge in [-0.3, -0.25) is 4.79 Å². The molecule has 0 aromatic heterocycles. The molecule has 2 rings (SSSR count). The van der Waals surface area contributed by atoms with Crippen molar-refractivity contribution >= 4 is 53.4 Å². The lowest BCUT2D eigenvalue weighted by Crippen LogP contribution is -3.00. The molecule has 47 heavy (non-hydrogen) atoms. The van der Waals surface area contributed by atoms with Gasteiger partial charge in [-0.1, -0.05) is 36.4 Å². The first kappa shape index (κ1) is 43.4. The molecule has 2 aromatic rings. The fraction of sp³-hybridized carbons (Fsp3) is 0.242. The molecule has 7 N–H and O–H groups in total. The monoisotopic (exact) mass is 726 g/mol. The number of hydrogen-bond donors (Lipinski definition) is 3. The van der Waals surface area contributed by atoms with Crippen molar-refractivity contribution in [3.8, 4) is 23.0 Å². The molecule has 0 saturated heterocycles. The number of aliphatic hydroxyl groups excluding tert-OH is 1. The zero-order valence-electron chi connectivity index (χ0n) is 26.2. The van der Waals surface area contributed by atoms with Crippen LogP contribution in [0.4, 0.5) is 0 Å². The Morgan fingerprint density at radius 1 is 0.766 bits per heavy atom. The number of hydrogen-bond acceptors (Lipinski definition) is 10. The number of methoxy groups -OCH3 is 2. The first-order valence-electron chi connectivity index (χ1n) is 13.8. The Labute approximate surface area is 296 Å². The van der Waals surface area contributed by atoms with Crippen molar-refractivity contribution in [2.24, 2.45) is 0 Å². The molecule has 0 radical (unpaired) electrons. The summed E-state index contributed by atoms with van der Waals surface area (Å²) in [6.45, 7) is 7.30. The van der Waals surface area contributed by atoms with Crippen molar-refractivity contribution in [1.29, 1.82) is 0 Å². The van der Waals surface area contributed by atoms with Gasteiger partial charge in [0.1, 0.15) is 5.76 Å². The summed E-state index contributed by atoms with van der Waals surface area (Å²) >= 11 is 3.06. The summed E-state index contributed by atoms with van der Waals surface area (Å²) in [5, 5.41) is 10.3. The number of benzene rings is 2. The van der Waals surface area contributed by atoms with Gasteiger partial charge in [-0.2, -0.15) is 23.5 Å². The number of aliphatic hydroxyl groups is 1. The molecule has 0 aliphatic rings. The van der Waals surface area contributed by atoms with Gasteiger partial charge in [-0.05, 0) is 47.5 Å². The number of carbonyl (C=O) groups is 3. The quantitative estimate of drug-likeness (QED) is 0.0265. The molecular formula is C33H40Cl2N2O8S2. The Morgan fingerprint density at radius 2 is 1.19 bits per heavy atom. The van der Waals surface area contributed by atoms with Crippen LogP contribution in [0.15, 0.2) is 85.7 Å². The zero-order chi connectivity index (χ0) is 33.2. The average molecular weight is 728 g/mol. The summed E-state index contributed by atoms with van der Waals surface area (Å²) in [4.78, 5) is 37.1. The van der Waals surface area contributed by atoms with Crippen molar-refractivity contribution in [2.45, 2.75) is 12.1 Å². The SMILES string of the molecule is C=CCSCC([NH3+])C(=O)Oc1ccc(/C=C/C(=O)/C=C(O)/C=C/c2ccc(OC(=O)C([NH3+])CSCC=C)c(OC)c2)cc1OC.[Cl-].[Cl-]. The second-order valence-electron chi connectivity index (χ2n) is 9.35. The maximum absolute atomic E-state index is 12.4. The lowest BCUT2D eigenvalue weighted by molar-refractivity contribution is -0.399. The van der Waals surface area contributed by atoms with Crippen molar-refractivity contribution in [3.63, 3.8) is 0 Å². The van der Waals surface area contributed by atoms with E-state index in [1.54, 1.807) is 60.7 Å². The first-order valence-corrected chi connectivity index (χ1v) is 16.1. The number of thioether (sulfide) groups is 2. The molecule has 256 valence electrons. The highest BCUT2D eigenvalue weighted by Gasteiger charge is 2.22. The smallest absolute Gasteiger partial charge is 0.371 e. The van der Waals surface area contributed by atoms with E-state index in [0.29, 0.717) is 45.6 Å². The zero-order valence-corrected chi connectivity index (χ0v) is 29.3. The van der Waals surface area contributed by atoms with E-state index in [4.69, 9.17) is 18.9 Å². The summed E-state index contributed by atoms with van der Waals surface area (Å²) in [5.41, 5.74) is 8.93. The number of carbonyl (C=O) groups excluding carboxylic acids is 3. The summed E-state index contributed by atoms with van der Waals surface area (Å²) in [6, 6.07) is 8.63. The van der Waals surface area contributed by atoms with Crippen LogP contribution in [0, 0.1) is 0 Å². The molecule has 10 nitrogen and oxygen atoms in total. The third-order valence-corrected chi connectivity index (χ3v) is 7.97. The van der Waals surface area contributed by atoms with Gasteiger partial charge in [0.25, 0.3) is 0 Å². The van der Waals surface area contributed by atoms with Crippen molar-refractivity contribution in [2.75, 3.05) is 37.2 Å². The Hall–Kier alpha value is -3.65. The van der Waals surface area contributed by atoms with E-state index in [2.05, 4.69) is 24.6 Å². The Balaban J connectivity index is 0.0000106. The lowest BCUT2D eigenvalue weighted by Gasteiger charge is -2.12. The maximum Gasteiger partial charge on any atom is 0.371 e. The van der Waals surface area contributed by atoms with Crippen LogP contribution < -0.4 is 55.2 Å². The molecule has 0 fully saturated rings. The number of ether oxygens (including phenoxy) is 4. The van der Waals surface area contributed by atoms with E-state index < -0.39 is 29.8 Å². The Morgan fingerprint density at radius 3 is 1.60 bits per heavy atom. The fourth-order valence-corrected chi connectivity index (χ4v) is 4.90. The predicted octanol–water partition coefficient (Wildman–Crippen LogP) is -2.68. The molecule has 0 aliphatic carbocycles. The van der Waals surface area contributed by atoms with Crippen LogP contribution in [0.5, 0.6) is 23.0 Å². The van der Waals surface area contributed by atoms with E-state index in [0.717, 1.165) is 6.08 Å². The molecule has 0 bridgehead atoms. The van der Waals surface area contributed by atoms with Crippen molar-refractivity contribution < 1.29 is 74.7 Å². The van der Waals surface area contributed by atoms with E-state index in [-0.39, 0.29) is 42.1 Å². The van der Waals surface area contributed by atoms with Crippen LogP contribution >= 0.6 is 23.5 Å². The van der Waals surface area contributed by atoms with Gasteiger partial charge in [-0.25, -0.2) is 9.59 Å². The summed E-state index contributed by atoms with van der Waals surface area (Å²) < 4.78 is 21.6. The van der Waals surface area contributed by atoms with E-state index in [1.807, 2.05) is 0 Å². The summed E-state index contributed by atoms with van der Waals surface area (Å²) in [5.74, 6) is 1.85. The first-order chi connectivity index (χ1) is 21.6. The molecule has 0 aliphatic heterocycles. The third kappa shape index (κ3) is 15.7. The van der Waals surface area contributed by atoms with Crippen LogP contribution in [-0.2, 0) is 14.4 Å². The van der Waals surface area contributed by atoms with Crippen LogP contribution in [-0.4, -0.2) is 72.1 Å². The maximum atomic E-state index is 12.4. The second-order valence-corrected chi connectivity index (χ2v) is 11.5. The van der Waals surface area contributed by atoms with Gasteiger partial charge in [0.2, 0.25) is 0 Å². The van der Waals surface area contributed by atoms with Crippen LogP contribution in [0.2, 0.25) is 0 Å². The van der Waals surface area contributed by atoms with Gasteiger partial charge in [0, 0.05) is 17.6 Å². The number of esters is 2. The minimum atomic E-state index is -0.556. The van der Waals surface area contributed by atoms with Gasteiger partial charge < -0.3 is 60.3 Å². The molecule has 2 aromatic carbocycles. The predicted molar refractivity (Wildman–Crippen MR) is 179 cm³/mol. The van der Waals surface area contributed by atoms with Crippen LogP contribution in [0.1, 0.15) is 11.1 Å². The molecule has 0 saturated carbocycles. The summed E-state index contributed by atoms with van der Waals surface area (Å²) in [6.07, 6.45) is 10.3. The van der Waals surface area contributed by atoms with Gasteiger partial charge in [0.15, 0.2) is 40.9 Å². The number of ketones is 1. The van der Waals surface area contributed by atoms with E-state index in [9.17, 15) is 19.5 Å². The van der Waals surface area contributed by atoms with Crippen LogP contribution in [0.25, 0.3) is 12.2 Å². The fourth-order valence-electron chi connectivity index (χ4n) is 3.45. The van der Waals surface area contributed by atoms with Gasteiger partial charge in [0.05, 0.1) is 25.7 Å². The number of quaternary nitrogens is 2. The standard InChI is InChI=1S/C33H38N2O8S2.2ClH/c1-5-15-44-20-26(34)32(38)42-28-13-9-22(17-30(28)40-3)7-11-24(36)19-25(37)12-8-23-10-14-29(31(18-23)41-4)43-33(39)27(35)21-45-16-6-2;;/h5-14,17-19,26-27,36H,1-2,15-16,20-21,34-35H2,3-4H3;2*1H/b11-7+,12-8+,24-19-;;. The van der Waals surface area contributed by atoms with Gasteiger partial charge in [-0.15, -0.1) is 13.2 Å². The number of rotatable bonds is 19. The molecule has 0 spiro atoms. The molecule has 14 heteroatoms. The molecule has 0 heterocycles. The minimum absolute atomic E-state index is 0. The number of halogens is 2. The third-order valence-electron chi connectivity index (χ3n) is 5.75. The topological polar surface area (TPSA) is 164 Å². The lowest BCUT2D eigenvalue weighted by atomic mass is 10.1. The highest BCUT2D eigenvalue weighted by atomic mass is 35.5. The molecular weight excluding hydrogens is 687 g/mol. The molecule has 0 amide bonds. The van der Waals surface area contributed by atoms with Crippen molar-refractivity contribution in [3.05, 3.63) is 96.8 Å². The number of allylic oxidation sites excluding steroid dienone is 3. The second kappa shape index (κ2) is 23.6. The van der Waals surface area contributed by atoms with Crippen molar-refractivity contribution in [1.82, 2.24) is 0 Å². The Bertz CT molecular complexity index is 1450. The normalized spacial score (nSPS) is 12.3. The largest absolute Gasteiger partial charge is 1.00 e. The van der Waals surface area contributed by atoms with Gasteiger partial charge >= 0.3 is 11.9 Å². The minimum Gasteiger partial charge on any atom is -1.00 e. The highest BCUT2D eigenvalue weighted by molar-refractivity contribution is 7.99. The van der Waals surface area contributed by atoms with E-state index >= 15 is 0 Å². The average Bonchev–Trinajstić information content (AvgIpc) is 3.03. The highest BCUT2D eigenvalue weighted by Crippen LogP contribution is 2.30. The Kier molecular flexibility index (Phi) is 21.8.